The molecule has 0 radical (unpaired) electrons. The molecule has 74 valence electrons. The standard InChI is InChI=1S/C3H8O7S2/c1-3(2-11(4,5)6)10-12(7,8)9/h3H,2H2,1H3,(H,4,5,6)(H,7,8,9). The average molecular weight is 220 g/mol. The van der Waals surface area contributed by atoms with Crippen molar-refractivity contribution in [3.8, 4) is 0 Å². The number of hydrogen-bond donors (Lipinski definition) is 2. The zero-order chi connectivity index (χ0) is 9.99. The third-order valence-electron chi connectivity index (χ3n) is 0.731. The van der Waals surface area contributed by atoms with Gasteiger partial charge in [-0.1, -0.05) is 0 Å². The first kappa shape index (κ1) is 11.8. The fourth-order valence-electron chi connectivity index (χ4n) is 0.532. The van der Waals surface area contributed by atoms with E-state index in [0.717, 1.165) is 6.92 Å². The van der Waals surface area contributed by atoms with E-state index in [9.17, 15) is 16.8 Å². The van der Waals surface area contributed by atoms with Crippen molar-refractivity contribution < 1.29 is 30.1 Å². The third kappa shape index (κ3) is 7.88. The third-order valence-corrected chi connectivity index (χ3v) is 2.19. The van der Waals surface area contributed by atoms with E-state index < -0.39 is 32.4 Å². The second-order valence-corrected chi connectivity index (χ2v) is 4.63. The maximum atomic E-state index is 10.1. The zero-order valence-corrected chi connectivity index (χ0v) is 7.67. The minimum absolute atomic E-state index is 0.896. The second kappa shape index (κ2) is 3.66. The van der Waals surface area contributed by atoms with Crippen LogP contribution in [-0.4, -0.2) is 37.8 Å². The van der Waals surface area contributed by atoms with Crippen molar-refractivity contribution in [3.05, 3.63) is 0 Å². The summed E-state index contributed by atoms with van der Waals surface area (Å²) < 4.78 is 60.3. The summed E-state index contributed by atoms with van der Waals surface area (Å²) in [6, 6.07) is 0. The molecule has 0 aromatic rings. The summed E-state index contributed by atoms with van der Waals surface area (Å²) in [5.74, 6) is -0.896. The Balaban J connectivity index is 4.19. The van der Waals surface area contributed by atoms with Gasteiger partial charge in [0.15, 0.2) is 0 Å². The van der Waals surface area contributed by atoms with Crippen LogP contribution < -0.4 is 0 Å². The van der Waals surface area contributed by atoms with Gasteiger partial charge in [0, 0.05) is 0 Å². The van der Waals surface area contributed by atoms with E-state index in [-0.39, 0.29) is 0 Å². The van der Waals surface area contributed by atoms with Crippen molar-refractivity contribution >= 4 is 20.5 Å². The van der Waals surface area contributed by atoms with Crippen molar-refractivity contribution in [2.45, 2.75) is 13.0 Å². The second-order valence-electron chi connectivity index (χ2n) is 2.08. The first-order chi connectivity index (χ1) is 5.10. The molecule has 1 unspecified atom stereocenters. The molecule has 12 heavy (non-hydrogen) atoms. The van der Waals surface area contributed by atoms with Crippen molar-refractivity contribution in [1.29, 1.82) is 0 Å². The summed E-state index contributed by atoms with van der Waals surface area (Å²) in [6.45, 7) is 1.07. The normalized spacial score (nSPS) is 15.9. The largest absolute Gasteiger partial charge is 0.397 e. The topological polar surface area (TPSA) is 118 Å². The van der Waals surface area contributed by atoms with Gasteiger partial charge in [0.2, 0.25) is 0 Å². The summed E-state index contributed by atoms with van der Waals surface area (Å²) >= 11 is 0. The molecule has 0 fully saturated rings. The Labute approximate surface area is 70.0 Å². The summed E-state index contributed by atoms with van der Waals surface area (Å²) in [5.41, 5.74) is 0. The molecule has 0 aliphatic rings. The Morgan fingerprint density at radius 1 is 1.25 bits per heavy atom. The lowest BCUT2D eigenvalue weighted by molar-refractivity contribution is 0.213. The van der Waals surface area contributed by atoms with Crippen molar-refractivity contribution in [2.24, 2.45) is 0 Å². The van der Waals surface area contributed by atoms with E-state index in [2.05, 4.69) is 4.18 Å². The maximum absolute atomic E-state index is 10.1. The van der Waals surface area contributed by atoms with E-state index >= 15 is 0 Å². The lowest BCUT2D eigenvalue weighted by atomic mass is 10.5. The van der Waals surface area contributed by atoms with E-state index in [1.165, 1.54) is 0 Å². The summed E-state index contributed by atoms with van der Waals surface area (Å²) in [6.07, 6.45) is -1.32. The monoisotopic (exact) mass is 220 g/mol. The average Bonchev–Trinajstić information content (AvgIpc) is 1.49. The van der Waals surface area contributed by atoms with Gasteiger partial charge in [-0.3, -0.25) is 9.11 Å². The van der Waals surface area contributed by atoms with Crippen LogP contribution in [0.2, 0.25) is 0 Å². The molecule has 0 saturated heterocycles. The van der Waals surface area contributed by atoms with Gasteiger partial charge in [-0.15, -0.1) is 0 Å². The highest BCUT2D eigenvalue weighted by Crippen LogP contribution is 1.99. The van der Waals surface area contributed by atoms with Crippen molar-refractivity contribution in [2.75, 3.05) is 5.75 Å². The Hall–Kier alpha value is -0.220. The Morgan fingerprint density at radius 2 is 1.67 bits per heavy atom. The maximum Gasteiger partial charge on any atom is 0.397 e. The molecule has 0 aromatic carbocycles. The van der Waals surface area contributed by atoms with Crippen LogP contribution in [-0.2, 0) is 24.7 Å². The van der Waals surface area contributed by atoms with Crippen LogP contribution in [0.15, 0.2) is 0 Å². The predicted molar refractivity (Wildman–Crippen MR) is 38.5 cm³/mol. The van der Waals surface area contributed by atoms with Gasteiger partial charge in [-0.05, 0) is 6.92 Å². The van der Waals surface area contributed by atoms with Gasteiger partial charge >= 0.3 is 10.4 Å². The van der Waals surface area contributed by atoms with Crippen LogP contribution in [0.4, 0.5) is 0 Å². The smallest absolute Gasteiger partial charge is 0.285 e. The molecule has 0 amide bonds. The lowest BCUT2D eigenvalue weighted by Crippen LogP contribution is -2.23. The molecule has 0 rings (SSSR count). The molecule has 9 heteroatoms. The molecule has 0 saturated carbocycles. The minimum atomic E-state index is -4.67. The first-order valence-electron chi connectivity index (χ1n) is 2.71. The summed E-state index contributed by atoms with van der Waals surface area (Å²) in [7, 11) is -8.97. The molecule has 0 aromatic heterocycles. The molecule has 2 N–H and O–H groups in total. The predicted octanol–water partition coefficient (Wildman–Crippen LogP) is -0.918. The van der Waals surface area contributed by atoms with Crippen molar-refractivity contribution in [3.63, 3.8) is 0 Å². The van der Waals surface area contributed by atoms with Gasteiger partial charge in [0.1, 0.15) is 5.75 Å². The number of rotatable bonds is 4. The van der Waals surface area contributed by atoms with Crippen LogP contribution in [0.3, 0.4) is 0 Å². The van der Waals surface area contributed by atoms with E-state index in [4.69, 9.17) is 9.11 Å². The van der Waals surface area contributed by atoms with Crippen LogP contribution in [0.25, 0.3) is 0 Å². The molecule has 0 heterocycles. The van der Waals surface area contributed by atoms with Gasteiger partial charge < -0.3 is 0 Å². The van der Waals surface area contributed by atoms with Crippen LogP contribution >= 0.6 is 0 Å². The Morgan fingerprint density at radius 3 is 1.92 bits per heavy atom. The van der Waals surface area contributed by atoms with Gasteiger partial charge in [-0.2, -0.15) is 16.8 Å². The minimum Gasteiger partial charge on any atom is -0.285 e. The molecule has 0 spiro atoms. The highest BCUT2D eigenvalue weighted by atomic mass is 32.3. The fourth-order valence-corrected chi connectivity index (χ4v) is 1.76. The lowest BCUT2D eigenvalue weighted by Gasteiger charge is -2.06. The summed E-state index contributed by atoms with van der Waals surface area (Å²) in [5, 5.41) is 0. The van der Waals surface area contributed by atoms with Gasteiger partial charge in [-0.25, -0.2) is 4.18 Å². The highest BCUT2D eigenvalue weighted by Gasteiger charge is 2.18. The molecule has 0 bridgehead atoms. The molecular weight excluding hydrogens is 212 g/mol. The Kier molecular flexibility index (Phi) is 3.59. The molecule has 0 aliphatic carbocycles. The fraction of sp³-hybridized carbons (Fsp3) is 1.00. The first-order valence-corrected chi connectivity index (χ1v) is 5.68. The molecular formula is C3H8O7S2. The van der Waals surface area contributed by atoms with E-state index in [1.54, 1.807) is 0 Å². The molecule has 1 atom stereocenters. The quantitative estimate of drug-likeness (QED) is 0.588. The van der Waals surface area contributed by atoms with Gasteiger partial charge in [0.25, 0.3) is 10.1 Å². The Bertz CT molecular complexity index is 290. The highest BCUT2D eigenvalue weighted by molar-refractivity contribution is 7.85. The number of hydrogen-bond acceptors (Lipinski definition) is 5. The van der Waals surface area contributed by atoms with E-state index in [1.807, 2.05) is 0 Å². The molecule has 0 aliphatic heterocycles. The zero-order valence-electron chi connectivity index (χ0n) is 6.04. The van der Waals surface area contributed by atoms with Crippen molar-refractivity contribution in [1.82, 2.24) is 0 Å². The molecule has 7 nitrogen and oxygen atoms in total. The van der Waals surface area contributed by atoms with Crippen LogP contribution in [0.5, 0.6) is 0 Å². The van der Waals surface area contributed by atoms with Crippen LogP contribution in [0.1, 0.15) is 6.92 Å². The summed E-state index contributed by atoms with van der Waals surface area (Å²) in [4.78, 5) is 0. The van der Waals surface area contributed by atoms with Gasteiger partial charge in [0.05, 0.1) is 6.10 Å². The van der Waals surface area contributed by atoms with Crippen LogP contribution in [0, 0.1) is 0 Å². The SMILES string of the molecule is CC(CS(=O)(=O)O)OS(=O)(=O)O. The van der Waals surface area contributed by atoms with E-state index in [0.29, 0.717) is 0 Å².